The lowest BCUT2D eigenvalue weighted by Gasteiger charge is -2.35. The summed E-state index contributed by atoms with van der Waals surface area (Å²) in [6.45, 7) is 0.214. The SMILES string of the molecule is Nc1[nH]c2c(c1S(=O)(=O)c1ccccc1F)NCN=C2N1CCC(F)(F)CC1. The van der Waals surface area contributed by atoms with E-state index in [9.17, 15) is 21.6 Å². The van der Waals surface area contributed by atoms with Crippen LogP contribution in [-0.4, -0.2) is 49.8 Å². The zero-order chi connectivity index (χ0) is 20.1. The van der Waals surface area contributed by atoms with E-state index in [1.165, 1.54) is 12.1 Å². The fourth-order valence-electron chi connectivity index (χ4n) is 3.47. The molecular weight excluding hydrogens is 395 g/mol. The summed E-state index contributed by atoms with van der Waals surface area (Å²) in [5, 5.41) is 2.86. The van der Waals surface area contributed by atoms with Gasteiger partial charge in [-0.25, -0.2) is 26.6 Å². The minimum atomic E-state index is -4.26. The molecule has 1 aromatic carbocycles. The number of nitrogens with one attached hydrogen (secondary N) is 2. The molecule has 11 heteroatoms. The zero-order valence-corrected chi connectivity index (χ0v) is 15.5. The highest BCUT2D eigenvalue weighted by Gasteiger charge is 2.38. The molecule has 0 saturated carbocycles. The summed E-state index contributed by atoms with van der Waals surface area (Å²) in [7, 11) is -4.26. The summed E-state index contributed by atoms with van der Waals surface area (Å²) in [5.41, 5.74) is 6.40. The van der Waals surface area contributed by atoms with Gasteiger partial charge in [-0.1, -0.05) is 12.1 Å². The largest absolute Gasteiger partial charge is 0.384 e. The highest BCUT2D eigenvalue weighted by Crippen LogP contribution is 2.39. The highest BCUT2D eigenvalue weighted by atomic mass is 32.2. The average molecular weight is 413 g/mol. The van der Waals surface area contributed by atoms with Crippen molar-refractivity contribution >= 4 is 27.2 Å². The number of nitrogen functional groups attached to an aromatic ring is 1. The van der Waals surface area contributed by atoms with E-state index in [2.05, 4.69) is 15.3 Å². The van der Waals surface area contributed by atoms with E-state index >= 15 is 0 Å². The van der Waals surface area contributed by atoms with Gasteiger partial charge in [0.25, 0.3) is 5.92 Å². The highest BCUT2D eigenvalue weighted by molar-refractivity contribution is 7.91. The molecule has 0 amide bonds. The van der Waals surface area contributed by atoms with Crippen molar-refractivity contribution in [2.45, 2.75) is 28.6 Å². The van der Waals surface area contributed by atoms with Crippen LogP contribution in [0.5, 0.6) is 0 Å². The molecule has 7 nitrogen and oxygen atoms in total. The molecule has 28 heavy (non-hydrogen) atoms. The van der Waals surface area contributed by atoms with Gasteiger partial charge in [0.2, 0.25) is 9.84 Å². The van der Waals surface area contributed by atoms with E-state index < -0.39 is 26.5 Å². The number of alkyl halides is 2. The molecule has 0 unspecified atom stereocenters. The van der Waals surface area contributed by atoms with Crippen LogP contribution in [0, 0.1) is 5.82 Å². The van der Waals surface area contributed by atoms with Crippen LogP contribution < -0.4 is 11.1 Å². The van der Waals surface area contributed by atoms with Crippen LogP contribution in [0.4, 0.5) is 24.7 Å². The lowest BCUT2D eigenvalue weighted by atomic mass is 10.1. The van der Waals surface area contributed by atoms with Gasteiger partial charge >= 0.3 is 0 Å². The summed E-state index contributed by atoms with van der Waals surface area (Å²) >= 11 is 0. The average Bonchev–Trinajstić information content (AvgIpc) is 2.98. The molecule has 3 heterocycles. The smallest absolute Gasteiger partial charge is 0.251 e. The van der Waals surface area contributed by atoms with E-state index in [1.54, 1.807) is 4.90 Å². The van der Waals surface area contributed by atoms with Gasteiger partial charge in [0.1, 0.15) is 33.8 Å². The Kier molecular flexibility index (Phi) is 4.29. The minimum Gasteiger partial charge on any atom is -0.384 e. The van der Waals surface area contributed by atoms with E-state index in [4.69, 9.17) is 5.73 Å². The van der Waals surface area contributed by atoms with Crippen LogP contribution in [0.15, 0.2) is 39.0 Å². The second-order valence-electron chi connectivity index (χ2n) is 6.71. The van der Waals surface area contributed by atoms with Crippen LogP contribution >= 0.6 is 0 Å². The molecule has 2 aliphatic rings. The number of aromatic nitrogens is 1. The number of sulfone groups is 1. The predicted molar refractivity (Wildman–Crippen MR) is 97.8 cm³/mol. The maximum Gasteiger partial charge on any atom is 0.251 e. The van der Waals surface area contributed by atoms with Crippen molar-refractivity contribution < 1.29 is 21.6 Å². The molecule has 1 fully saturated rings. The number of aliphatic imine (C=N–C) groups is 1. The number of benzene rings is 1. The van der Waals surface area contributed by atoms with E-state index in [0.717, 1.165) is 12.1 Å². The maximum absolute atomic E-state index is 14.1. The van der Waals surface area contributed by atoms with Crippen molar-refractivity contribution in [3.05, 3.63) is 35.8 Å². The Morgan fingerprint density at radius 1 is 1.18 bits per heavy atom. The Morgan fingerprint density at radius 3 is 2.54 bits per heavy atom. The third-order valence-corrected chi connectivity index (χ3v) is 6.75. The Morgan fingerprint density at radius 2 is 1.86 bits per heavy atom. The van der Waals surface area contributed by atoms with Crippen molar-refractivity contribution in [3.8, 4) is 0 Å². The Hall–Kier alpha value is -2.69. The van der Waals surface area contributed by atoms with Crippen LogP contribution in [-0.2, 0) is 9.84 Å². The number of halogens is 3. The van der Waals surface area contributed by atoms with Gasteiger partial charge in [0.15, 0.2) is 5.84 Å². The molecule has 2 aromatic rings. The number of fused-ring (bicyclic) bond motifs is 1. The van der Waals surface area contributed by atoms with Gasteiger partial charge < -0.3 is 20.9 Å². The second kappa shape index (κ2) is 6.43. The molecule has 0 radical (unpaired) electrons. The molecular formula is C17H18F3N5O2S. The molecule has 0 aliphatic carbocycles. The van der Waals surface area contributed by atoms with Gasteiger partial charge in [-0.15, -0.1) is 0 Å². The number of anilines is 2. The van der Waals surface area contributed by atoms with Crippen molar-refractivity contribution in [2.24, 2.45) is 4.99 Å². The molecule has 0 spiro atoms. The van der Waals surface area contributed by atoms with Crippen molar-refractivity contribution in [2.75, 3.05) is 30.8 Å². The molecule has 4 N–H and O–H groups in total. The monoisotopic (exact) mass is 413 g/mol. The number of aromatic amines is 1. The second-order valence-corrected chi connectivity index (χ2v) is 8.57. The van der Waals surface area contributed by atoms with Crippen molar-refractivity contribution in [1.29, 1.82) is 0 Å². The number of likely N-dealkylation sites (tertiary alicyclic amines) is 1. The first-order valence-corrected chi connectivity index (χ1v) is 10.1. The van der Waals surface area contributed by atoms with Gasteiger partial charge in [0.05, 0.1) is 5.69 Å². The Bertz CT molecular complexity index is 1050. The summed E-state index contributed by atoms with van der Waals surface area (Å²) in [6, 6.07) is 5.02. The fourth-order valence-corrected chi connectivity index (χ4v) is 5.05. The van der Waals surface area contributed by atoms with Crippen molar-refractivity contribution in [3.63, 3.8) is 0 Å². The minimum absolute atomic E-state index is 0.0479. The summed E-state index contributed by atoms with van der Waals surface area (Å²) in [6.07, 6.45) is -0.628. The first-order chi connectivity index (χ1) is 13.2. The lowest BCUT2D eigenvalue weighted by molar-refractivity contribution is -0.0434. The molecule has 1 aromatic heterocycles. The summed E-state index contributed by atoms with van der Waals surface area (Å²) in [4.78, 5) is 7.99. The molecule has 2 aliphatic heterocycles. The van der Waals surface area contributed by atoms with E-state index in [0.29, 0.717) is 11.5 Å². The van der Waals surface area contributed by atoms with E-state index in [-0.39, 0.29) is 49.0 Å². The first kappa shape index (κ1) is 18.7. The standard InChI is InChI=1S/C17H18F3N5O2S/c18-10-3-1-2-4-11(10)28(26,27)14-12-13(24-15(14)21)16(23-9-22-12)25-7-5-17(19,20)6-8-25/h1-4,22,24H,5-9,21H2. The maximum atomic E-state index is 14.1. The zero-order valence-electron chi connectivity index (χ0n) is 14.7. The number of H-pyrrole nitrogens is 1. The van der Waals surface area contributed by atoms with Crippen LogP contribution in [0.25, 0.3) is 0 Å². The number of rotatable bonds is 2. The molecule has 0 atom stereocenters. The number of hydrogen-bond donors (Lipinski definition) is 3. The number of amidine groups is 1. The first-order valence-electron chi connectivity index (χ1n) is 8.63. The third kappa shape index (κ3) is 2.99. The number of nitrogens with two attached hydrogens (primary N) is 1. The molecule has 0 bridgehead atoms. The fraction of sp³-hybridized carbons (Fsp3) is 0.353. The molecule has 1 saturated heterocycles. The molecule has 150 valence electrons. The Balaban J connectivity index is 1.76. The Labute approximate surface area is 159 Å². The topological polar surface area (TPSA) is 104 Å². The summed E-state index contributed by atoms with van der Waals surface area (Å²) in [5.74, 6) is -3.41. The van der Waals surface area contributed by atoms with E-state index in [1.807, 2.05) is 0 Å². The van der Waals surface area contributed by atoms with Crippen LogP contribution in [0.2, 0.25) is 0 Å². The lowest BCUT2D eigenvalue weighted by Crippen LogP contribution is -2.44. The number of piperidine rings is 1. The van der Waals surface area contributed by atoms with Crippen molar-refractivity contribution in [1.82, 2.24) is 9.88 Å². The van der Waals surface area contributed by atoms with Crippen LogP contribution in [0.1, 0.15) is 18.5 Å². The van der Waals surface area contributed by atoms with Crippen LogP contribution in [0.3, 0.4) is 0 Å². The summed E-state index contributed by atoms with van der Waals surface area (Å²) < 4.78 is 67.2. The van der Waals surface area contributed by atoms with Gasteiger partial charge in [-0.3, -0.25) is 0 Å². The number of hydrogen-bond acceptors (Lipinski definition) is 6. The number of nitrogens with zero attached hydrogens (tertiary/aromatic N) is 2. The predicted octanol–water partition coefficient (Wildman–Crippen LogP) is 2.43. The molecule has 4 rings (SSSR count). The van der Waals surface area contributed by atoms with Gasteiger partial charge in [-0.05, 0) is 12.1 Å². The normalized spacial score (nSPS) is 19.0. The quantitative estimate of drug-likeness (QED) is 0.702. The third-order valence-electron chi connectivity index (χ3n) is 4.88. The van der Waals surface area contributed by atoms with Gasteiger partial charge in [0, 0.05) is 25.9 Å². The van der Waals surface area contributed by atoms with Gasteiger partial charge in [-0.2, -0.15) is 0 Å².